The molecule has 1 aliphatic heterocycles. The van der Waals surface area contributed by atoms with E-state index in [9.17, 15) is 9.18 Å². The van der Waals surface area contributed by atoms with E-state index in [0.717, 1.165) is 18.1 Å². The summed E-state index contributed by atoms with van der Waals surface area (Å²) in [6.45, 7) is 4.94. The first-order valence-electron chi connectivity index (χ1n) is 6.68. The van der Waals surface area contributed by atoms with Crippen molar-refractivity contribution in [2.75, 3.05) is 29.1 Å². The third-order valence-corrected chi connectivity index (χ3v) is 4.75. The van der Waals surface area contributed by atoms with Crippen LogP contribution in [0.5, 0.6) is 0 Å². The van der Waals surface area contributed by atoms with Crippen molar-refractivity contribution in [3.63, 3.8) is 0 Å². The highest BCUT2D eigenvalue weighted by atomic mass is 32.2. The lowest BCUT2D eigenvalue weighted by Gasteiger charge is -2.36. The van der Waals surface area contributed by atoms with Gasteiger partial charge in [-0.1, -0.05) is 0 Å². The zero-order chi connectivity index (χ0) is 14.7. The molecule has 0 aromatic heterocycles. The number of nitrogens with zero attached hydrogens (tertiary/aromatic N) is 1. The highest BCUT2D eigenvalue weighted by Gasteiger charge is 2.27. The van der Waals surface area contributed by atoms with E-state index in [2.05, 4.69) is 17.1 Å². The van der Waals surface area contributed by atoms with Crippen molar-refractivity contribution in [1.29, 1.82) is 0 Å². The molecule has 3 N–H and O–H groups in total. The molecule has 6 heteroatoms. The van der Waals surface area contributed by atoms with Crippen LogP contribution < -0.4 is 11.1 Å². The maximum Gasteiger partial charge on any atom is 0.241 e. The minimum atomic E-state index is -0.474. The van der Waals surface area contributed by atoms with Gasteiger partial charge in [-0.05, 0) is 32.0 Å². The Labute approximate surface area is 122 Å². The van der Waals surface area contributed by atoms with Crippen LogP contribution in [0.15, 0.2) is 18.2 Å². The summed E-state index contributed by atoms with van der Waals surface area (Å²) in [7, 11) is 0. The topological polar surface area (TPSA) is 58.4 Å². The van der Waals surface area contributed by atoms with Gasteiger partial charge in [0, 0.05) is 29.8 Å². The second-order valence-electron chi connectivity index (χ2n) is 5.06. The van der Waals surface area contributed by atoms with E-state index in [1.165, 1.54) is 18.2 Å². The first-order chi connectivity index (χ1) is 9.49. The van der Waals surface area contributed by atoms with Crippen LogP contribution >= 0.6 is 11.8 Å². The average Bonchev–Trinajstić information content (AvgIpc) is 2.42. The molecule has 0 spiro atoms. The standard InChI is InChI=1S/C14H20FN3OS/c1-9-8-20-6-5-18(9)10(2)14(19)17-11-3-4-12(15)13(16)7-11/h3-4,7,9-10H,5-6,8,16H2,1-2H3,(H,17,19). The van der Waals surface area contributed by atoms with Gasteiger partial charge in [-0.3, -0.25) is 9.69 Å². The van der Waals surface area contributed by atoms with Gasteiger partial charge >= 0.3 is 0 Å². The molecule has 1 aliphatic rings. The van der Waals surface area contributed by atoms with E-state index >= 15 is 0 Å². The Morgan fingerprint density at radius 3 is 3.00 bits per heavy atom. The molecule has 1 aromatic carbocycles. The molecule has 4 nitrogen and oxygen atoms in total. The molecule has 2 unspecified atom stereocenters. The van der Waals surface area contributed by atoms with Crippen LogP contribution in [-0.4, -0.2) is 40.9 Å². The van der Waals surface area contributed by atoms with Crippen molar-refractivity contribution in [3.8, 4) is 0 Å². The van der Waals surface area contributed by atoms with Crippen LogP contribution in [0.25, 0.3) is 0 Å². The lowest BCUT2D eigenvalue weighted by Crippen LogP contribution is -2.50. The van der Waals surface area contributed by atoms with Gasteiger partial charge in [0.25, 0.3) is 0 Å². The maximum absolute atomic E-state index is 13.1. The summed E-state index contributed by atoms with van der Waals surface area (Å²) in [6, 6.07) is 4.39. The number of nitrogen functional groups attached to an aromatic ring is 1. The largest absolute Gasteiger partial charge is 0.396 e. The lowest BCUT2D eigenvalue weighted by molar-refractivity contribution is -0.121. The van der Waals surface area contributed by atoms with Crippen LogP contribution in [0.3, 0.4) is 0 Å². The molecule has 2 atom stereocenters. The van der Waals surface area contributed by atoms with Gasteiger partial charge in [-0.15, -0.1) is 0 Å². The first-order valence-corrected chi connectivity index (χ1v) is 7.84. The van der Waals surface area contributed by atoms with Crippen molar-refractivity contribution in [1.82, 2.24) is 4.90 Å². The van der Waals surface area contributed by atoms with Gasteiger partial charge in [0.1, 0.15) is 5.82 Å². The van der Waals surface area contributed by atoms with E-state index in [0.29, 0.717) is 11.7 Å². The van der Waals surface area contributed by atoms with E-state index in [1.54, 1.807) is 0 Å². The Hall–Kier alpha value is -1.27. The van der Waals surface area contributed by atoms with E-state index in [4.69, 9.17) is 5.73 Å². The quantitative estimate of drug-likeness (QED) is 0.840. The molecular weight excluding hydrogens is 277 g/mol. The molecule has 1 aromatic rings. The molecule has 0 aliphatic carbocycles. The van der Waals surface area contributed by atoms with Gasteiger partial charge in [0.2, 0.25) is 5.91 Å². The summed E-state index contributed by atoms with van der Waals surface area (Å²) in [6.07, 6.45) is 0. The van der Waals surface area contributed by atoms with Gasteiger partial charge in [-0.2, -0.15) is 11.8 Å². The number of hydrogen-bond acceptors (Lipinski definition) is 4. The second kappa shape index (κ2) is 6.45. The zero-order valence-corrected chi connectivity index (χ0v) is 12.5. The molecule has 0 saturated carbocycles. The number of halogens is 1. The fraction of sp³-hybridized carbons (Fsp3) is 0.500. The fourth-order valence-electron chi connectivity index (χ4n) is 2.33. The zero-order valence-electron chi connectivity index (χ0n) is 11.7. The van der Waals surface area contributed by atoms with Crippen LogP contribution in [-0.2, 0) is 4.79 Å². The number of rotatable bonds is 3. The van der Waals surface area contributed by atoms with Gasteiger partial charge in [0.05, 0.1) is 11.7 Å². The number of hydrogen-bond donors (Lipinski definition) is 2. The Morgan fingerprint density at radius 2 is 2.35 bits per heavy atom. The van der Waals surface area contributed by atoms with Crippen molar-refractivity contribution >= 4 is 29.0 Å². The van der Waals surface area contributed by atoms with E-state index in [1.807, 2.05) is 18.7 Å². The monoisotopic (exact) mass is 297 g/mol. The minimum Gasteiger partial charge on any atom is -0.396 e. The van der Waals surface area contributed by atoms with Crippen molar-refractivity contribution in [2.45, 2.75) is 25.9 Å². The summed E-state index contributed by atoms with van der Waals surface area (Å²) < 4.78 is 13.1. The van der Waals surface area contributed by atoms with Crippen LogP contribution in [0.4, 0.5) is 15.8 Å². The van der Waals surface area contributed by atoms with Gasteiger partial charge in [0.15, 0.2) is 0 Å². The van der Waals surface area contributed by atoms with Gasteiger partial charge in [-0.25, -0.2) is 4.39 Å². The normalized spacial score (nSPS) is 21.4. The number of carbonyl (C=O) groups is 1. The molecule has 1 heterocycles. The van der Waals surface area contributed by atoms with Crippen LogP contribution in [0.1, 0.15) is 13.8 Å². The summed E-state index contributed by atoms with van der Waals surface area (Å²) in [5.74, 6) is 1.53. The molecule has 1 fully saturated rings. The van der Waals surface area contributed by atoms with Crippen molar-refractivity contribution < 1.29 is 9.18 Å². The molecule has 0 bridgehead atoms. The maximum atomic E-state index is 13.1. The Bertz CT molecular complexity index is 497. The molecular formula is C14H20FN3OS. The first kappa shape index (κ1) is 15.1. The Balaban J connectivity index is 2.01. The summed E-state index contributed by atoms with van der Waals surface area (Å²) >= 11 is 1.91. The number of thioether (sulfide) groups is 1. The van der Waals surface area contributed by atoms with Crippen LogP contribution in [0.2, 0.25) is 0 Å². The number of benzene rings is 1. The van der Waals surface area contributed by atoms with Gasteiger partial charge < -0.3 is 11.1 Å². The molecule has 20 heavy (non-hydrogen) atoms. The summed E-state index contributed by atoms with van der Waals surface area (Å²) in [5.41, 5.74) is 6.07. The van der Waals surface area contributed by atoms with Crippen LogP contribution in [0, 0.1) is 5.82 Å². The summed E-state index contributed by atoms with van der Waals surface area (Å²) in [4.78, 5) is 14.5. The number of anilines is 2. The van der Waals surface area contributed by atoms with E-state index in [-0.39, 0.29) is 17.6 Å². The highest BCUT2D eigenvalue weighted by Crippen LogP contribution is 2.20. The minimum absolute atomic E-state index is 0.0400. The highest BCUT2D eigenvalue weighted by molar-refractivity contribution is 7.99. The summed E-state index contributed by atoms with van der Waals surface area (Å²) in [5, 5.41) is 2.79. The van der Waals surface area contributed by atoms with E-state index < -0.39 is 5.82 Å². The molecule has 1 saturated heterocycles. The molecule has 1 amide bonds. The Kier molecular flexibility index (Phi) is 4.88. The third-order valence-electron chi connectivity index (χ3n) is 3.56. The smallest absolute Gasteiger partial charge is 0.241 e. The van der Waals surface area contributed by atoms with Crippen molar-refractivity contribution in [2.24, 2.45) is 0 Å². The number of carbonyl (C=O) groups excluding carboxylic acids is 1. The molecule has 0 radical (unpaired) electrons. The second-order valence-corrected chi connectivity index (χ2v) is 6.21. The molecule has 110 valence electrons. The number of amides is 1. The molecule has 2 rings (SSSR count). The SMILES string of the molecule is CC1CSCCN1C(C)C(=O)Nc1ccc(F)c(N)c1. The Morgan fingerprint density at radius 1 is 1.60 bits per heavy atom. The number of nitrogens with one attached hydrogen (secondary N) is 1. The predicted octanol–water partition coefficient (Wildman–Crippen LogP) is 2.17. The predicted molar refractivity (Wildman–Crippen MR) is 82.4 cm³/mol. The number of nitrogens with two attached hydrogens (primary N) is 1. The third kappa shape index (κ3) is 3.43. The fourth-order valence-corrected chi connectivity index (χ4v) is 3.37. The van der Waals surface area contributed by atoms with Crippen molar-refractivity contribution in [3.05, 3.63) is 24.0 Å². The average molecular weight is 297 g/mol. The lowest BCUT2D eigenvalue weighted by atomic mass is 10.2.